The van der Waals surface area contributed by atoms with Gasteiger partial charge in [0.2, 0.25) is 11.8 Å². The average molecular weight is 568 g/mol. The normalized spacial score (nSPS) is 28.5. The Balaban J connectivity index is 1.81. The van der Waals surface area contributed by atoms with Crippen molar-refractivity contribution in [2.45, 2.75) is 75.3 Å². The number of aryl methyl sites for hydroxylation is 2. The number of carbonyl (C=O) groups excluding carboxylic acids is 3. The van der Waals surface area contributed by atoms with Crippen LogP contribution in [0.25, 0.3) is 0 Å². The minimum Gasteiger partial charge on any atom is -0.396 e. The van der Waals surface area contributed by atoms with Crippen LogP contribution in [0.4, 0.5) is 5.69 Å². The summed E-state index contributed by atoms with van der Waals surface area (Å²) in [7, 11) is 0. The first-order valence-corrected chi connectivity index (χ1v) is 15.4. The van der Waals surface area contributed by atoms with Crippen LogP contribution in [0.5, 0.6) is 0 Å². The highest BCUT2D eigenvalue weighted by atomic mass is 32.2. The van der Waals surface area contributed by atoms with E-state index in [1.54, 1.807) is 33.7 Å². The van der Waals surface area contributed by atoms with E-state index in [1.807, 2.05) is 43.9 Å². The maximum atomic E-state index is 14.7. The van der Waals surface area contributed by atoms with Gasteiger partial charge in [0.25, 0.3) is 5.91 Å². The predicted octanol–water partition coefficient (Wildman–Crippen LogP) is 4.50. The molecule has 3 aliphatic heterocycles. The number of aliphatic hydroxyl groups is 1. The Kier molecular flexibility index (Phi) is 9.20. The molecule has 5 atom stereocenters. The summed E-state index contributed by atoms with van der Waals surface area (Å²) < 4.78 is -1.09. The lowest BCUT2D eigenvalue weighted by Gasteiger charge is -2.38. The molecule has 7 nitrogen and oxygen atoms in total. The van der Waals surface area contributed by atoms with Gasteiger partial charge >= 0.3 is 0 Å². The topological polar surface area (TPSA) is 81.2 Å². The van der Waals surface area contributed by atoms with Gasteiger partial charge in [0, 0.05) is 43.2 Å². The fourth-order valence-electron chi connectivity index (χ4n) is 7.22. The summed E-state index contributed by atoms with van der Waals surface area (Å²) in [5.74, 6) is -1.26. The summed E-state index contributed by atoms with van der Waals surface area (Å²) in [4.78, 5) is 48.6. The van der Waals surface area contributed by atoms with Crippen molar-refractivity contribution < 1.29 is 19.5 Å². The number of likely N-dealkylation sites (tertiary alicyclic amines) is 1. The van der Waals surface area contributed by atoms with Crippen LogP contribution in [0, 0.1) is 25.7 Å². The van der Waals surface area contributed by atoms with Crippen molar-refractivity contribution in [1.82, 2.24) is 9.80 Å². The zero-order valence-corrected chi connectivity index (χ0v) is 25.3. The van der Waals surface area contributed by atoms with Gasteiger partial charge in [-0.3, -0.25) is 14.4 Å². The number of anilines is 1. The van der Waals surface area contributed by atoms with Gasteiger partial charge < -0.3 is 19.8 Å². The first-order valence-electron chi connectivity index (χ1n) is 14.6. The minimum absolute atomic E-state index is 0.00226. The number of carbonyl (C=O) groups is 3. The van der Waals surface area contributed by atoms with Crippen LogP contribution in [-0.4, -0.2) is 80.9 Å². The average Bonchev–Trinajstić information content (AvgIpc) is 3.49. The van der Waals surface area contributed by atoms with Crippen molar-refractivity contribution >= 4 is 35.2 Å². The van der Waals surface area contributed by atoms with E-state index >= 15 is 0 Å². The number of aliphatic hydroxyl groups excluding tert-OH is 1. The first kappa shape index (κ1) is 30.4. The lowest BCUT2D eigenvalue weighted by molar-refractivity contribution is -0.145. The highest BCUT2D eigenvalue weighted by Gasteiger charge is 2.77. The maximum Gasteiger partial charge on any atom is 0.251 e. The van der Waals surface area contributed by atoms with Gasteiger partial charge in [0.1, 0.15) is 6.04 Å². The van der Waals surface area contributed by atoms with Crippen LogP contribution in [0.15, 0.2) is 43.5 Å². The summed E-state index contributed by atoms with van der Waals surface area (Å²) in [5, 5.41) is 9.47. The van der Waals surface area contributed by atoms with E-state index in [9.17, 15) is 19.5 Å². The van der Waals surface area contributed by atoms with E-state index in [0.717, 1.165) is 29.7 Å². The molecule has 0 radical (unpaired) electrons. The van der Waals surface area contributed by atoms with Crippen molar-refractivity contribution in [3.63, 3.8) is 0 Å². The SMILES string of the molecule is C=CCN(CCC)C(=O)[C@@H]1[C@H]2C(=O)N(CCCCO)C(C(=O)N(CC=C)c3cc(C)ccc3C)C23CC[C@@]1(C)S3. The highest BCUT2D eigenvalue weighted by molar-refractivity contribution is 8.02. The second-order valence-electron chi connectivity index (χ2n) is 11.8. The summed E-state index contributed by atoms with van der Waals surface area (Å²) >= 11 is 1.70. The van der Waals surface area contributed by atoms with Crippen molar-refractivity contribution in [1.29, 1.82) is 0 Å². The minimum atomic E-state index is -0.688. The second-order valence-corrected chi connectivity index (χ2v) is 13.7. The lowest BCUT2D eigenvalue weighted by Crippen LogP contribution is -2.55. The summed E-state index contributed by atoms with van der Waals surface area (Å²) in [6.45, 7) is 17.7. The molecule has 1 N–H and O–H groups in total. The number of amides is 3. The van der Waals surface area contributed by atoms with E-state index in [2.05, 4.69) is 20.1 Å². The van der Waals surface area contributed by atoms with Crippen molar-refractivity contribution in [3.8, 4) is 0 Å². The molecular formula is C32H45N3O4S. The monoisotopic (exact) mass is 567 g/mol. The number of hydrogen-bond donors (Lipinski definition) is 1. The van der Waals surface area contributed by atoms with Crippen molar-refractivity contribution in [2.24, 2.45) is 11.8 Å². The van der Waals surface area contributed by atoms with E-state index in [4.69, 9.17) is 0 Å². The van der Waals surface area contributed by atoms with E-state index in [-0.39, 0.29) is 24.3 Å². The Labute approximate surface area is 243 Å². The summed E-state index contributed by atoms with van der Waals surface area (Å²) in [5.41, 5.74) is 2.85. The molecule has 2 bridgehead atoms. The Morgan fingerprint density at radius 2 is 1.88 bits per heavy atom. The van der Waals surface area contributed by atoms with Crippen LogP contribution in [-0.2, 0) is 14.4 Å². The van der Waals surface area contributed by atoms with Crippen LogP contribution in [0.2, 0.25) is 0 Å². The molecule has 40 heavy (non-hydrogen) atoms. The highest BCUT2D eigenvalue weighted by Crippen LogP contribution is 2.71. The number of nitrogens with zero attached hydrogens (tertiary/aromatic N) is 3. The third-order valence-corrected chi connectivity index (χ3v) is 11.0. The van der Waals surface area contributed by atoms with E-state index in [0.29, 0.717) is 45.4 Å². The largest absolute Gasteiger partial charge is 0.396 e. The Morgan fingerprint density at radius 3 is 2.52 bits per heavy atom. The molecule has 0 aromatic heterocycles. The van der Waals surface area contributed by atoms with Crippen LogP contribution in [0.1, 0.15) is 57.1 Å². The van der Waals surface area contributed by atoms with Gasteiger partial charge in [0.05, 0.1) is 16.6 Å². The summed E-state index contributed by atoms with van der Waals surface area (Å²) in [6.07, 6.45) is 6.93. The Bertz CT molecular complexity index is 1170. The molecule has 0 saturated carbocycles. The molecule has 1 aromatic rings. The van der Waals surface area contributed by atoms with Crippen LogP contribution >= 0.6 is 11.8 Å². The number of fused-ring (bicyclic) bond motifs is 1. The second kappa shape index (κ2) is 12.1. The quantitative estimate of drug-likeness (QED) is 0.280. The fraction of sp³-hybridized carbons (Fsp3) is 0.594. The molecule has 1 aromatic carbocycles. The first-order chi connectivity index (χ1) is 19.1. The van der Waals surface area contributed by atoms with Gasteiger partial charge in [-0.15, -0.1) is 24.9 Å². The van der Waals surface area contributed by atoms with Crippen LogP contribution in [0.3, 0.4) is 0 Å². The van der Waals surface area contributed by atoms with Gasteiger partial charge in [-0.05, 0) is 70.1 Å². The van der Waals surface area contributed by atoms with Crippen LogP contribution < -0.4 is 4.90 Å². The standard InChI is InChI=1S/C32H45N3O4S/c1-7-16-33(17-8-2)28(37)25-26-29(38)35(19-10-11-20-36)27(32(26)15-14-31(25,6)40-32)30(39)34(18-9-3)24-21-22(4)12-13-23(24)5/h7,9,12-13,21,25-27,36H,1,3,8,10-11,14-20H2,2,4-6H3/t25-,26-,27?,31+,32?/m0/s1. The molecule has 3 amide bonds. The number of rotatable bonds is 13. The van der Waals surface area contributed by atoms with E-state index in [1.165, 1.54) is 0 Å². The smallest absolute Gasteiger partial charge is 0.251 e. The molecule has 8 heteroatoms. The number of thioether (sulfide) groups is 1. The number of benzene rings is 1. The molecule has 3 fully saturated rings. The third kappa shape index (κ3) is 5.02. The molecule has 1 spiro atoms. The van der Waals surface area contributed by atoms with Gasteiger partial charge in [-0.25, -0.2) is 0 Å². The zero-order valence-electron chi connectivity index (χ0n) is 24.5. The molecule has 3 heterocycles. The molecule has 0 aliphatic carbocycles. The van der Waals surface area contributed by atoms with Gasteiger partial charge in [-0.2, -0.15) is 0 Å². The Morgan fingerprint density at radius 1 is 1.15 bits per heavy atom. The van der Waals surface area contributed by atoms with Gasteiger partial charge in [-0.1, -0.05) is 31.2 Å². The van der Waals surface area contributed by atoms with Gasteiger partial charge in [0.15, 0.2) is 0 Å². The zero-order chi connectivity index (χ0) is 29.2. The molecular weight excluding hydrogens is 522 g/mol. The number of unbranched alkanes of at least 4 members (excludes halogenated alkanes) is 1. The molecule has 3 saturated heterocycles. The summed E-state index contributed by atoms with van der Waals surface area (Å²) in [6, 6.07) is 5.37. The van der Waals surface area contributed by atoms with E-state index < -0.39 is 27.4 Å². The predicted molar refractivity (Wildman–Crippen MR) is 162 cm³/mol. The van der Waals surface area contributed by atoms with Crippen molar-refractivity contribution in [2.75, 3.05) is 37.7 Å². The molecule has 4 rings (SSSR count). The molecule has 3 aliphatic rings. The maximum absolute atomic E-state index is 14.7. The van der Waals surface area contributed by atoms with Crippen molar-refractivity contribution in [3.05, 3.63) is 54.6 Å². The molecule has 218 valence electrons. The lowest BCUT2D eigenvalue weighted by atomic mass is 9.66. The fourth-order valence-corrected chi connectivity index (χ4v) is 9.57. The number of hydrogen-bond acceptors (Lipinski definition) is 5. The molecule has 2 unspecified atom stereocenters. The Hall–Kier alpha value is -2.58. The third-order valence-electron chi connectivity index (χ3n) is 8.97.